The summed E-state index contributed by atoms with van der Waals surface area (Å²) in [6.07, 6.45) is -3.47. The Hall–Kier alpha value is -2.82. The van der Waals surface area contributed by atoms with Crippen molar-refractivity contribution in [3.63, 3.8) is 0 Å². The van der Waals surface area contributed by atoms with Crippen molar-refractivity contribution in [2.24, 2.45) is 4.99 Å². The second kappa shape index (κ2) is 9.13. The average Bonchev–Trinajstić information content (AvgIpc) is 3.36. The molecule has 0 aliphatic heterocycles. The first-order chi connectivity index (χ1) is 14.6. The minimum Gasteiger partial charge on any atom is -0.363 e. The molecule has 0 atom stereocenters. The first kappa shape index (κ1) is 22.9. The van der Waals surface area contributed by atoms with Gasteiger partial charge in [0.2, 0.25) is 5.82 Å². The molecule has 0 radical (unpaired) electrons. The molecule has 3 rings (SSSR count). The van der Waals surface area contributed by atoms with Crippen molar-refractivity contribution >= 4 is 27.6 Å². The lowest BCUT2D eigenvalue weighted by atomic mass is 10.2. The van der Waals surface area contributed by atoms with Gasteiger partial charge in [-0.15, -0.1) is 0 Å². The van der Waals surface area contributed by atoms with Gasteiger partial charge in [0.05, 0.1) is 17.9 Å². The molecule has 1 saturated carbocycles. The molecule has 170 valence electrons. The number of alkyl halides is 3. The number of hydrogen-bond donors (Lipinski definition) is 4. The van der Waals surface area contributed by atoms with Crippen LogP contribution in [-0.4, -0.2) is 49.0 Å². The van der Waals surface area contributed by atoms with Gasteiger partial charge in [-0.3, -0.25) is 14.9 Å². The van der Waals surface area contributed by atoms with Gasteiger partial charge in [0.15, 0.2) is 11.5 Å². The average molecular weight is 468 g/mol. The molecular weight excluding hydrogens is 452 g/mol. The van der Waals surface area contributed by atoms with E-state index in [1.165, 1.54) is 0 Å². The number of nitrogens with one attached hydrogen (secondary N) is 3. The number of hydrogen-bond acceptors (Lipinski definition) is 9. The number of halogens is 4. The summed E-state index contributed by atoms with van der Waals surface area (Å²) in [4.78, 5) is 3.75. The van der Waals surface area contributed by atoms with Crippen molar-refractivity contribution in [1.82, 2.24) is 20.5 Å². The van der Waals surface area contributed by atoms with E-state index in [1.807, 2.05) is 0 Å². The highest BCUT2D eigenvalue weighted by Gasteiger charge is 2.34. The van der Waals surface area contributed by atoms with Gasteiger partial charge in [0.1, 0.15) is 5.82 Å². The van der Waals surface area contributed by atoms with E-state index in [0.29, 0.717) is 12.1 Å². The van der Waals surface area contributed by atoms with E-state index in [2.05, 4.69) is 30.0 Å². The molecule has 2 aromatic rings. The molecule has 0 saturated heterocycles. The van der Waals surface area contributed by atoms with Crippen LogP contribution in [-0.2, 0) is 20.7 Å². The Labute approximate surface area is 172 Å². The van der Waals surface area contributed by atoms with Crippen molar-refractivity contribution in [3.05, 3.63) is 35.3 Å². The molecule has 1 aromatic carbocycles. The Morgan fingerprint density at radius 2 is 2.06 bits per heavy atom. The van der Waals surface area contributed by atoms with E-state index in [4.69, 9.17) is 4.18 Å². The predicted molar refractivity (Wildman–Crippen MR) is 96.3 cm³/mol. The number of amidine groups is 1. The largest absolute Gasteiger partial charge is 0.419 e. The smallest absolute Gasteiger partial charge is 0.363 e. The fourth-order valence-electron chi connectivity index (χ4n) is 2.28. The summed E-state index contributed by atoms with van der Waals surface area (Å²) in [5.74, 6) is -2.07. The van der Waals surface area contributed by atoms with E-state index in [9.17, 15) is 31.2 Å². The van der Waals surface area contributed by atoms with Gasteiger partial charge in [-0.05, 0) is 41.4 Å². The zero-order valence-corrected chi connectivity index (χ0v) is 16.3. The van der Waals surface area contributed by atoms with Gasteiger partial charge in [0.25, 0.3) is 0 Å². The molecule has 11 nitrogen and oxygen atoms in total. The Balaban J connectivity index is 1.69. The van der Waals surface area contributed by atoms with Crippen LogP contribution in [0, 0.1) is 5.82 Å². The molecule has 1 aromatic heterocycles. The van der Waals surface area contributed by atoms with E-state index in [1.54, 1.807) is 5.48 Å². The highest BCUT2D eigenvalue weighted by Crippen LogP contribution is 2.33. The monoisotopic (exact) mass is 468 g/mol. The summed E-state index contributed by atoms with van der Waals surface area (Å²) in [7, 11) is -3.90. The second-order valence-corrected chi connectivity index (χ2v) is 7.67. The molecule has 0 unspecified atom stereocenters. The van der Waals surface area contributed by atoms with Gasteiger partial charge in [-0.1, -0.05) is 0 Å². The Bertz CT molecular complexity index is 1050. The lowest BCUT2D eigenvalue weighted by Gasteiger charge is -2.09. The molecule has 31 heavy (non-hydrogen) atoms. The SMILES string of the molecule is O=S(=O)(NC1CC1)OCCNc1nonc1C(=Nc1ccc(F)c(C(F)(F)F)c1)NO. The molecule has 1 aliphatic rings. The van der Waals surface area contributed by atoms with Gasteiger partial charge < -0.3 is 5.32 Å². The Morgan fingerprint density at radius 1 is 1.32 bits per heavy atom. The molecular formula is C15H16F4N6O5S. The lowest BCUT2D eigenvalue weighted by Crippen LogP contribution is -2.29. The van der Waals surface area contributed by atoms with Crippen molar-refractivity contribution in [1.29, 1.82) is 0 Å². The van der Waals surface area contributed by atoms with E-state index < -0.39 is 33.7 Å². The molecule has 1 heterocycles. The lowest BCUT2D eigenvalue weighted by molar-refractivity contribution is -0.139. The fourth-order valence-corrected chi connectivity index (χ4v) is 3.29. The van der Waals surface area contributed by atoms with Crippen LogP contribution in [0.1, 0.15) is 24.1 Å². The minimum atomic E-state index is -4.95. The second-order valence-electron chi connectivity index (χ2n) is 6.29. The quantitative estimate of drug-likeness (QED) is 0.142. The number of hydroxylamine groups is 1. The molecule has 0 amide bonds. The summed E-state index contributed by atoms with van der Waals surface area (Å²) in [5, 5.41) is 18.9. The fraction of sp³-hybridized carbons (Fsp3) is 0.400. The van der Waals surface area contributed by atoms with Crippen LogP contribution < -0.4 is 15.5 Å². The van der Waals surface area contributed by atoms with E-state index in [-0.39, 0.29) is 36.4 Å². The molecule has 1 fully saturated rings. The maximum Gasteiger partial charge on any atom is 0.419 e. The summed E-state index contributed by atoms with van der Waals surface area (Å²) in [6.45, 7) is -0.374. The van der Waals surface area contributed by atoms with Crippen molar-refractivity contribution in [2.75, 3.05) is 18.5 Å². The van der Waals surface area contributed by atoms with E-state index in [0.717, 1.165) is 18.9 Å². The number of nitrogens with zero attached hydrogens (tertiary/aromatic N) is 3. The van der Waals surface area contributed by atoms with Crippen LogP contribution in [0.25, 0.3) is 0 Å². The summed E-state index contributed by atoms with van der Waals surface area (Å²) >= 11 is 0. The number of aliphatic imine (C=N–C) groups is 1. The Kier molecular flexibility index (Phi) is 6.73. The van der Waals surface area contributed by atoms with Crippen LogP contribution in [0.3, 0.4) is 0 Å². The first-order valence-electron chi connectivity index (χ1n) is 8.68. The van der Waals surface area contributed by atoms with Gasteiger partial charge in [-0.2, -0.15) is 26.3 Å². The van der Waals surface area contributed by atoms with Crippen molar-refractivity contribution in [3.8, 4) is 0 Å². The topological polar surface area (TPSA) is 151 Å². The van der Waals surface area contributed by atoms with Crippen LogP contribution in [0.5, 0.6) is 0 Å². The number of anilines is 1. The van der Waals surface area contributed by atoms with Crippen LogP contribution in [0.4, 0.5) is 29.1 Å². The summed E-state index contributed by atoms with van der Waals surface area (Å²) < 4.78 is 86.8. The highest BCUT2D eigenvalue weighted by molar-refractivity contribution is 7.84. The van der Waals surface area contributed by atoms with Crippen molar-refractivity contribution in [2.45, 2.75) is 25.1 Å². The van der Waals surface area contributed by atoms with Gasteiger partial charge in [0, 0.05) is 12.6 Å². The third kappa shape index (κ3) is 6.33. The Morgan fingerprint density at radius 3 is 2.71 bits per heavy atom. The van der Waals surface area contributed by atoms with E-state index >= 15 is 0 Å². The number of benzene rings is 1. The van der Waals surface area contributed by atoms with Gasteiger partial charge >= 0.3 is 16.5 Å². The maximum absolute atomic E-state index is 13.4. The molecule has 0 spiro atoms. The molecule has 4 N–H and O–H groups in total. The van der Waals surface area contributed by atoms with Gasteiger partial charge in [-0.25, -0.2) is 14.0 Å². The number of rotatable bonds is 9. The molecule has 0 bridgehead atoms. The normalized spacial score (nSPS) is 15.2. The van der Waals surface area contributed by atoms with Crippen LogP contribution in [0.2, 0.25) is 0 Å². The maximum atomic E-state index is 13.4. The predicted octanol–water partition coefficient (Wildman–Crippen LogP) is 1.71. The zero-order valence-electron chi connectivity index (χ0n) is 15.5. The standard InChI is InChI=1S/C15H16F4N6O5S/c16-11-4-3-9(7-10(11)15(17,18)19)21-14(22-26)12-13(24-30-23-12)20-5-6-29-31(27,28)25-8-1-2-8/h3-4,7-8,25-26H,1-2,5-6H2,(H,20,24)(H,21,22). The third-order valence-electron chi connectivity index (χ3n) is 3.84. The summed E-state index contributed by atoms with van der Waals surface area (Å²) in [5.41, 5.74) is -0.480. The summed E-state index contributed by atoms with van der Waals surface area (Å²) in [6, 6.07) is 1.85. The first-order valence-corrected chi connectivity index (χ1v) is 10.1. The molecule has 16 heteroatoms. The highest BCUT2D eigenvalue weighted by atomic mass is 32.2. The minimum absolute atomic E-state index is 0.0831. The zero-order chi connectivity index (χ0) is 22.6. The number of aromatic nitrogens is 2. The molecule has 1 aliphatic carbocycles. The van der Waals surface area contributed by atoms with Crippen LogP contribution in [0.15, 0.2) is 27.8 Å². The van der Waals surface area contributed by atoms with Crippen molar-refractivity contribution < 1.29 is 40.0 Å². The van der Waals surface area contributed by atoms with Crippen LogP contribution >= 0.6 is 0 Å². The third-order valence-corrected chi connectivity index (χ3v) is 4.94.